The van der Waals surface area contributed by atoms with Crippen LogP contribution in [0, 0.1) is 0 Å². The molecule has 17 heavy (non-hydrogen) atoms. The summed E-state index contributed by atoms with van der Waals surface area (Å²) in [5.74, 6) is 0.952. The Hall–Kier alpha value is -0.580. The van der Waals surface area contributed by atoms with Gasteiger partial charge >= 0.3 is 0 Å². The molecule has 1 unspecified atom stereocenters. The molecule has 1 aromatic carbocycles. The highest BCUT2D eigenvalue weighted by Crippen LogP contribution is 2.32. The van der Waals surface area contributed by atoms with Crippen molar-refractivity contribution in [1.29, 1.82) is 0 Å². The third kappa shape index (κ3) is 2.81. The van der Waals surface area contributed by atoms with Gasteiger partial charge in [-0.1, -0.05) is 46.1 Å². The van der Waals surface area contributed by atoms with Crippen LogP contribution in [0.2, 0.25) is 10.0 Å². The SMILES string of the molecule is CCC(Br)c1nnc(-c2ccc(Cl)cc2Cl)o1. The van der Waals surface area contributed by atoms with E-state index in [1.54, 1.807) is 18.2 Å². The molecule has 1 heterocycles. The van der Waals surface area contributed by atoms with Crippen molar-refractivity contribution in [1.82, 2.24) is 10.2 Å². The van der Waals surface area contributed by atoms with Gasteiger partial charge in [0, 0.05) is 5.02 Å². The molecule has 2 rings (SSSR count). The van der Waals surface area contributed by atoms with Crippen molar-refractivity contribution in [2.24, 2.45) is 0 Å². The molecule has 0 saturated heterocycles. The molecule has 3 nitrogen and oxygen atoms in total. The van der Waals surface area contributed by atoms with E-state index in [2.05, 4.69) is 26.1 Å². The normalized spacial score (nSPS) is 12.7. The van der Waals surface area contributed by atoms with Crippen LogP contribution < -0.4 is 0 Å². The van der Waals surface area contributed by atoms with Gasteiger partial charge in [-0.2, -0.15) is 0 Å². The van der Waals surface area contributed by atoms with Gasteiger partial charge in [0.2, 0.25) is 11.8 Å². The minimum Gasteiger partial charge on any atom is -0.419 e. The van der Waals surface area contributed by atoms with Crippen LogP contribution in [-0.2, 0) is 0 Å². The summed E-state index contributed by atoms with van der Waals surface area (Å²) in [7, 11) is 0. The summed E-state index contributed by atoms with van der Waals surface area (Å²) in [4.78, 5) is 0.0647. The first-order valence-electron chi connectivity index (χ1n) is 5.04. The first-order chi connectivity index (χ1) is 8.11. The van der Waals surface area contributed by atoms with Gasteiger partial charge in [0.1, 0.15) is 0 Å². The molecule has 0 aliphatic rings. The number of hydrogen-bond donors (Lipinski definition) is 0. The van der Waals surface area contributed by atoms with Gasteiger partial charge in [0.05, 0.1) is 15.4 Å². The molecule has 0 radical (unpaired) electrons. The van der Waals surface area contributed by atoms with Gasteiger partial charge in [0.15, 0.2) is 0 Å². The van der Waals surface area contributed by atoms with E-state index in [1.165, 1.54) is 0 Å². The van der Waals surface area contributed by atoms with Crippen molar-refractivity contribution in [3.8, 4) is 11.5 Å². The molecule has 0 saturated carbocycles. The lowest BCUT2D eigenvalue weighted by Gasteiger charge is -2.00. The highest BCUT2D eigenvalue weighted by atomic mass is 79.9. The summed E-state index contributed by atoms with van der Waals surface area (Å²) in [6.07, 6.45) is 0.871. The topological polar surface area (TPSA) is 38.9 Å². The minimum atomic E-state index is 0.0647. The fraction of sp³-hybridized carbons (Fsp3) is 0.273. The van der Waals surface area contributed by atoms with Gasteiger partial charge in [0.25, 0.3) is 0 Å². The van der Waals surface area contributed by atoms with E-state index in [1.807, 2.05) is 6.92 Å². The Kier molecular flexibility index (Phi) is 4.07. The number of alkyl halides is 1. The number of rotatable bonds is 3. The lowest BCUT2D eigenvalue weighted by molar-refractivity contribution is 0.500. The highest BCUT2D eigenvalue weighted by Gasteiger charge is 2.16. The summed E-state index contributed by atoms with van der Waals surface area (Å²) in [6.45, 7) is 2.03. The Morgan fingerprint density at radius 1 is 1.35 bits per heavy atom. The zero-order valence-corrected chi connectivity index (χ0v) is 12.1. The molecule has 1 atom stereocenters. The van der Waals surface area contributed by atoms with E-state index in [0.717, 1.165) is 6.42 Å². The Balaban J connectivity index is 2.37. The molecule has 0 N–H and O–H groups in total. The second-order valence-electron chi connectivity index (χ2n) is 3.45. The van der Waals surface area contributed by atoms with Crippen molar-refractivity contribution in [3.63, 3.8) is 0 Å². The summed E-state index contributed by atoms with van der Waals surface area (Å²) < 4.78 is 5.55. The highest BCUT2D eigenvalue weighted by molar-refractivity contribution is 9.09. The molecule has 0 amide bonds. The Morgan fingerprint density at radius 2 is 2.12 bits per heavy atom. The average molecular weight is 336 g/mol. The summed E-state index contributed by atoms with van der Waals surface area (Å²) in [5.41, 5.74) is 0.686. The van der Waals surface area contributed by atoms with Crippen LogP contribution in [0.5, 0.6) is 0 Å². The molecular weight excluding hydrogens is 327 g/mol. The van der Waals surface area contributed by atoms with E-state index in [4.69, 9.17) is 27.6 Å². The van der Waals surface area contributed by atoms with E-state index in [-0.39, 0.29) is 4.83 Å². The van der Waals surface area contributed by atoms with Crippen LogP contribution >= 0.6 is 39.1 Å². The lowest BCUT2D eigenvalue weighted by Crippen LogP contribution is -1.86. The van der Waals surface area contributed by atoms with Crippen LogP contribution in [0.4, 0.5) is 0 Å². The summed E-state index contributed by atoms with van der Waals surface area (Å²) in [5, 5.41) is 9.01. The predicted octanol–water partition coefficient (Wildman–Crippen LogP) is 4.89. The minimum absolute atomic E-state index is 0.0647. The van der Waals surface area contributed by atoms with Gasteiger partial charge in [-0.25, -0.2) is 0 Å². The molecule has 1 aromatic heterocycles. The average Bonchev–Trinajstić information content (AvgIpc) is 2.77. The Morgan fingerprint density at radius 3 is 2.76 bits per heavy atom. The first kappa shape index (κ1) is 12.9. The monoisotopic (exact) mass is 334 g/mol. The van der Waals surface area contributed by atoms with Crippen LogP contribution in [-0.4, -0.2) is 10.2 Å². The Bertz CT molecular complexity index is 530. The molecular formula is C11H9BrCl2N2O. The van der Waals surface area contributed by atoms with E-state index < -0.39 is 0 Å². The first-order valence-corrected chi connectivity index (χ1v) is 6.72. The molecule has 0 bridgehead atoms. The molecule has 0 spiro atoms. The number of halogens is 3. The lowest BCUT2D eigenvalue weighted by atomic mass is 10.2. The number of aromatic nitrogens is 2. The summed E-state index contributed by atoms with van der Waals surface area (Å²) >= 11 is 15.3. The predicted molar refractivity (Wildman–Crippen MR) is 71.7 cm³/mol. The third-order valence-corrected chi connectivity index (χ3v) is 3.82. The van der Waals surface area contributed by atoms with Gasteiger partial charge < -0.3 is 4.42 Å². The maximum Gasteiger partial charge on any atom is 0.249 e. The zero-order chi connectivity index (χ0) is 12.4. The van der Waals surface area contributed by atoms with Crippen LogP contribution in [0.3, 0.4) is 0 Å². The second kappa shape index (κ2) is 5.38. The van der Waals surface area contributed by atoms with Crippen molar-refractivity contribution < 1.29 is 4.42 Å². The van der Waals surface area contributed by atoms with Crippen molar-refractivity contribution in [3.05, 3.63) is 34.1 Å². The maximum absolute atomic E-state index is 6.06. The molecule has 6 heteroatoms. The van der Waals surface area contributed by atoms with Crippen LogP contribution in [0.25, 0.3) is 11.5 Å². The fourth-order valence-corrected chi connectivity index (χ4v) is 1.98. The van der Waals surface area contributed by atoms with Gasteiger partial charge in [-0.3, -0.25) is 0 Å². The summed E-state index contributed by atoms with van der Waals surface area (Å²) in [6, 6.07) is 5.14. The molecule has 0 aliphatic heterocycles. The van der Waals surface area contributed by atoms with Crippen LogP contribution in [0.15, 0.2) is 22.6 Å². The van der Waals surface area contributed by atoms with E-state index >= 15 is 0 Å². The van der Waals surface area contributed by atoms with Crippen molar-refractivity contribution >= 4 is 39.1 Å². The van der Waals surface area contributed by atoms with Crippen molar-refractivity contribution in [2.45, 2.75) is 18.2 Å². The second-order valence-corrected chi connectivity index (χ2v) is 5.39. The Labute approximate surface area is 117 Å². The molecule has 0 fully saturated rings. The molecule has 2 aromatic rings. The standard InChI is InChI=1S/C11H9BrCl2N2O/c1-2-8(12)11-16-15-10(17-11)7-4-3-6(13)5-9(7)14/h3-5,8H,2H2,1H3. The van der Waals surface area contributed by atoms with E-state index in [0.29, 0.717) is 27.4 Å². The van der Waals surface area contributed by atoms with Crippen LogP contribution in [0.1, 0.15) is 24.1 Å². The van der Waals surface area contributed by atoms with Gasteiger partial charge in [-0.05, 0) is 24.6 Å². The number of nitrogens with zero attached hydrogens (tertiary/aromatic N) is 2. The molecule has 0 aliphatic carbocycles. The fourth-order valence-electron chi connectivity index (χ4n) is 1.31. The maximum atomic E-state index is 6.06. The smallest absolute Gasteiger partial charge is 0.249 e. The number of benzene rings is 1. The van der Waals surface area contributed by atoms with Crippen molar-refractivity contribution in [2.75, 3.05) is 0 Å². The van der Waals surface area contributed by atoms with E-state index in [9.17, 15) is 0 Å². The largest absolute Gasteiger partial charge is 0.419 e. The van der Waals surface area contributed by atoms with Gasteiger partial charge in [-0.15, -0.1) is 10.2 Å². The molecule has 90 valence electrons. The third-order valence-electron chi connectivity index (χ3n) is 2.23. The number of hydrogen-bond acceptors (Lipinski definition) is 3. The quantitative estimate of drug-likeness (QED) is 0.749. The zero-order valence-electron chi connectivity index (χ0n) is 8.95.